The zero-order valence-corrected chi connectivity index (χ0v) is 20.1. The Kier molecular flexibility index (Phi) is 7.35. The summed E-state index contributed by atoms with van der Waals surface area (Å²) < 4.78 is 7.26. The molecule has 0 radical (unpaired) electrons. The molecule has 10 nitrogen and oxygen atoms in total. The number of aromatic nitrogens is 2. The van der Waals surface area contributed by atoms with Gasteiger partial charge in [0.2, 0.25) is 0 Å². The van der Waals surface area contributed by atoms with E-state index in [1.165, 1.54) is 35.2 Å². The minimum Gasteiger partial charge on any atom is -0.507 e. The van der Waals surface area contributed by atoms with Crippen LogP contribution in [0.3, 0.4) is 0 Å². The molecule has 1 aromatic heterocycles. The number of carbonyl (C=O) groups is 2. The maximum atomic E-state index is 13.2. The van der Waals surface area contributed by atoms with Crippen LogP contribution in [0.15, 0.2) is 66.8 Å². The Morgan fingerprint density at radius 2 is 2.03 bits per heavy atom. The van der Waals surface area contributed by atoms with Crippen molar-refractivity contribution in [3.63, 3.8) is 0 Å². The summed E-state index contributed by atoms with van der Waals surface area (Å²) in [6.45, 7) is 2.91. The van der Waals surface area contributed by atoms with Crippen molar-refractivity contribution >= 4 is 34.7 Å². The van der Waals surface area contributed by atoms with Crippen molar-refractivity contribution in [3.05, 3.63) is 93.0 Å². The van der Waals surface area contributed by atoms with Crippen molar-refractivity contribution in [1.82, 2.24) is 14.5 Å². The van der Waals surface area contributed by atoms with Crippen LogP contribution in [0.1, 0.15) is 30.5 Å². The molecule has 36 heavy (non-hydrogen) atoms. The molecule has 0 bridgehead atoms. The number of ketones is 1. The van der Waals surface area contributed by atoms with Gasteiger partial charge in [0.05, 0.1) is 34.5 Å². The summed E-state index contributed by atoms with van der Waals surface area (Å²) in [5.74, 6) is -1.69. The molecule has 1 fully saturated rings. The summed E-state index contributed by atoms with van der Waals surface area (Å²) in [4.78, 5) is 42.4. The van der Waals surface area contributed by atoms with E-state index in [9.17, 15) is 24.8 Å². The Bertz CT molecular complexity index is 1340. The third-order valence-electron chi connectivity index (χ3n) is 5.82. The molecule has 1 saturated heterocycles. The number of benzene rings is 2. The first-order chi connectivity index (χ1) is 17.3. The maximum absolute atomic E-state index is 13.2. The highest BCUT2D eigenvalue weighted by Crippen LogP contribution is 2.41. The topological polar surface area (TPSA) is 128 Å². The van der Waals surface area contributed by atoms with Crippen LogP contribution in [0.5, 0.6) is 5.75 Å². The molecule has 1 N–H and O–H groups in total. The Morgan fingerprint density at radius 1 is 1.22 bits per heavy atom. The zero-order valence-electron chi connectivity index (χ0n) is 19.3. The van der Waals surface area contributed by atoms with Gasteiger partial charge in [0.1, 0.15) is 11.5 Å². The number of non-ortho nitro benzene ring substituents is 1. The number of aryl methyl sites for hydroxylation is 1. The molecule has 186 valence electrons. The van der Waals surface area contributed by atoms with Gasteiger partial charge in [-0.2, -0.15) is 0 Å². The van der Waals surface area contributed by atoms with E-state index < -0.39 is 28.4 Å². The number of hydrogen-bond donors (Lipinski definition) is 1. The number of imidazole rings is 1. The Balaban J connectivity index is 1.77. The average Bonchev–Trinajstić information content (AvgIpc) is 3.47. The van der Waals surface area contributed by atoms with Gasteiger partial charge in [-0.05, 0) is 37.1 Å². The van der Waals surface area contributed by atoms with Crippen molar-refractivity contribution in [2.24, 2.45) is 0 Å². The molecule has 0 spiro atoms. The highest BCUT2D eigenvalue weighted by molar-refractivity contribution is 6.46. The number of likely N-dealkylation sites (tertiary alicyclic amines) is 1. The van der Waals surface area contributed by atoms with Gasteiger partial charge < -0.3 is 19.3 Å². The second-order valence-electron chi connectivity index (χ2n) is 8.08. The second-order valence-corrected chi connectivity index (χ2v) is 8.48. The maximum Gasteiger partial charge on any atom is 0.295 e. The molecule has 3 aromatic rings. The van der Waals surface area contributed by atoms with E-state index in [4.69, 9.17) is 16.3 Å². The first-order valence-electron chi connectivity index (χ1n) is 11.2. The zero-order chi connectivity index (χ0) is 25.8. The van der Waals surface area contributed by atoms with Crippen LogP contribution in [0.2, 0.25) is 5.02 Å². The molecule has 2 heterocycles. The Labute approximate surface area is 211 Å². The summed E-state index contributed by atoms with van der Waals surface area (Å²) in [5.41, 5.74) is 0.198. The molecule has 0 saturated carbocycles. The minimum absolute atomic E-state index is 0.164. The van der Waals surface area contributed by atoms with Gasteiger partial charge in [0.15, 0.2) is 0 Å². The monoisotopic (exact) mass is 510 g/mol. The number of aliphatic hydroxyl groups excluding tert-OH is 1. The number of nitrogens with zero attached hydrogens (tertiary/aromatic N) is 4. The third kappa shape index (κ3) is 4.94. The summed E-state index contributed by atoms with van der Waals surface area (Å²) >= 11 is 6.28. The molecular weight excluding hydrogens is 488 g/mol. The lowest BCUT2D eigenvalue weighted by Gasteiger charge is -2.25. The van der Waals surface area contributed by atoms with E-state index in [1.807, 2.05) is 4.57 Å². The number of aliphatic hydroxyl groups is 1. The summed E-state index contributed by atoms with van der Waals surface area (Å²) in [7, 11) is 0. The molecule has 0 aliphatic carbocycles. The van der Waals surface area contributed by atoms with Crippen molar-refractivity contribution < 1.29 is 24.4 Å². The van der Waals surface area contributed by atoms with E-state index in [0.29, 0.717) is 30.9 Å². The van der Waals surface area contributed by atoms with Crippen LogP contribution in [-0.2, 0) is 16.1 Å². The van der Waals surface area contributed by atoms with Crippen molar-refractivity contribution in [3.8, 4) is 5.75 Å². The molecule has 2 aromatic carbocycles. The number of nitro benzene ring substituents is 1. The summed E-state index contributed by atoms with van der Waals surface area (Å²) in [6.07, 6.45) is 5.55. The molecule has 11 heteroatoms. The number of rotatable bonds is 9. The van der Waals surface area contributed by atoms with Crippen molar-refractivity contribution in [2.75, 3.05) is 13.2 Å². The van der Waals surface area contributed by atoms with Gasteiger partial charge >= 0.3 is 0 Å². The van der Waals surface area contributed by atoms with Crippen molar-refractivity contribution in [1.29, 1.82) is 0 Å². The van der Waals surface area contributed by atoms with Crippen LogP contribution in [0.25, 0.3) is 5.76 Å². The predicted molar refractivity (Wildman–Crippen MR) is 132 cm³/mol. The number of amides is 1. The number of nitro groups is 1. The second kappa shape index (κ2) is 10.6. The molecule has 1 atom stereocenters. The van der Waals surface area contributed by atoms with E-state index in [1.54, 1.807) is 37.8 Å². The minimum atomic E-state index is -1.02. The third-order valence-corrected chi connectivity index (χ3v) is 6.11. The standard InChI is InChI=1S/C25H23ClN4O6/c1-2-36-20-8-7-17(14-19(20)26)23(31)21-22(16-5-3-6-18(13-16)30(34)35)29(25(33)24(21)32)11-4-10-28-12-9-27-15-28/h3,5-9,12-15,22,31H,2,4,10-11H2,1H3/b23-21+. The average molecular weight is 511 g/mol. The fourth-order valence-corrected chi connectivity index (χ4v) is 4.42. The van der Waals surface area contributed by atoms with Gasteiger partial charge in [0.25, 0.3) is 17.4 Å². The molecule has 4 rings (SSSR count). The molecule has 1 aliphatic heterocycles. The van der Waals surface area contributed by atoms with Gasteiger partial charge in [-0.25, -0.2) is 4.98 Å². The van der Waals surface area contributed by atoms with Crippen LogP contribution in [0, 0.1) is 10.1 Å². The largest absolute Gasteiger partial charge is 0.507 e. The molecule has 1 unspecified atom stereocenters. The van der Waals surface area contributed by atoms with E-state index in [2.05, 4.69) is 4.98 Å². The first-order valence-corrected chi connectivity index (χ1v) is 11.6. The number of ether oxygens (including phenoxy) is 1. The van der Waals surface area contributed by atoms with Crippen LogP contribution < -0.4 is 4.74 Å². The predicted octanol–water partition coefficient (Wildman–Crippen LogP) is 4.36. The molecule has 1 aliphatic rings. The Morgan fingerprint density at radius 3 is 2.69 bits per heavy atom. The fourth-order valence-electron chi connectivity index (χ4n) is 4.18. The number of halogens is 1. The van der Waals surface area contributed by atoms with E-state index in [0.717, 1.165) is 0 Å². The molecular formula is C25H23ClN4O6. The highest BCUT2D eigenvalue weighted by Gasteiger charge is 2.46. The van der Waals surface area contributed by atoms with Gasteiger partial charge in [-0.15, -0.1) is 0 Å². The smallest absolute Gasteiger partial charge is 0.295 e. The number of Topliss-reactive ketones (excluding diaryl/α,β-unsaturated/α-hetero) is 1. The number of carbonyl (C=O) groups excluding carboxylic acids is 2. The van der Waals surface area contributed by atoms with Gasteiger partial charge in [-0.1, -0.05) is 23.7 Å². The van der Waals surface area contributed by atoms with Gasteiger partial charge in [-0.3, -0.25) is 19.7 Å². The lowest BCUT2D eigenvalue weighted by molar-refractivity contribution is -0.384. The van der Waals surface area contributed by atoms with E-state index >= 15 is 0 Å². The van der Waals surface area contributed by atoms with Gasteiger partial charge in [0, 0.05) is 43.2 Å². The highest BCUT2D eigenvalue weighted by atomic mass is 35.5. The van der Waals surface area contributed by atoms with Crippen molar-refractivity contribution in [2.45, 2.75) is 25.9 Å². The van der Waals surface area contributed by atoms with Crippen LogP contribution >= 0.6 is 11.6 Å². The summed E-state index contributed by atoms with van der Waals surface area (Å²) in [6, 6.07) is 9.21. The van der Waals surface area contributed by atoms with Crippen LogP contribution in [-0.4, -0.2) is 49.3 Å². The fraction of sp³-hybridized carbons (Fsp3) is 0.240. The SMILES string of the molecule is CCOc1ccc(/C(O)=C2\C(=O)C(=O)N(CCCn3ccnc3)C2c2cccc([N+](=O)[O-])c2)cc1Cl. The van der Waals surface area contributed by atoms with E-state index in [-0.39, 0.29) is 28.4 Å². The lowest BCUT2D eigenvalue weighted by Crippen LogP contribution is -2.31. The summed E-state index contributed by atoms with van der Waals surface area (Å²) in [5, 5.41) is 22.8. The normalized spacial score (nSPS) is 16.9. The Hall–Kier alpha value is -4.18. The quantitative estimate of drug-likeness (QED) is 0.149. The first kappa shape index (κ1) is 24.9. The number of hydrogen-bond acceptors (Lipinski definition) is 7. The molecule has 1 amide bonds. The van der Waals surface area contributed by atoms with Crippen LogP contribution in [0.4, 0.5) is 5.69 Å². The lowest BCUT2D eigenvalue weighted by atomic mass is 9.95.